The molecule has 1 amide bonds. The molecule has 2 atom stereocenters. The van der Waals surface area contributed by atoms with Crippen LogP contribution in [0.5, 0.6) is 0 Å². The van der Waals surface area contributed by atoms with Crippen LogP contribution in [0.1, 0.15) is 45.4 Å². The first kappa shape index (κ1) is 17.4. The first-order valence-electron chi connectivity index (χ1n) is 7.91. The fourth-order valence-corrected chi connectivity index (χ4v) is 2.69. The second-order valence-electron chi connectivity index (χ2n) is 5.77. The molecule has 0 aromatic carbocycles. The van der Waals surface area contributed by atoms with Gasteiger partial charge in [0.05, 0.1) is 6.04 Å². The van der Waals surface area contributed by atoms with Crippen molar-refractivity contribution in [3.63, 3.8) is 0 Å². The van der Waals surface area contributed by atoms with E-state index in [-0.39, 0.29) is 5.91 Å². The topological polar surface area (TPSA) is 67.6 Å². The second kappa shape index (κ2) is 10.1. The second-order valence-corrected chi connectivity index (χ2v) is 5.77. The number of hydrogen-bond donors (Lipinski definition) is 2. The summed E-state index contributed by atoms with van der Waals surface area (Å²) in [5.41, 5.74) is 5.83. The van der Waals surface area contributed by atoms with Gasteiger partial charge in [-0.3, -0.25) is 4.79 Å². The van der Waals surface area contributed by atoms with Crippen LogP contribution in [0.4, 0.5) is 0 Å². The number of likely N-dealkylation sites (tertiary alicyclic amines) is 1. The number of rotatable bonds is 9. The van der Waals surface area contributed by atoms with E-state index in [0.717, 1.165) is 25.9 Å². The Bertz CT molecular complexity index is 274. The van der Waals surface area contributed by atoms with Gasteiger partial charge in [0.15, 0.2) is 0 Å². The summed E-state index contributed by atoms with van der Waals surface area (Å²) < 4.78 is 4.95. The summed E-state index contributed by atoms with van der Waals surface area (Å²) >= 11 is 0. The Balaban J connectivity index is 2.06. The molecule has 1 heterocycles. The number of carbonyl (C=O) groups excluding carboxylic acids is 1. The molecule has 0 aromatic heterocycles. The molecule has 0 spiro atoms. The van der Waals surface area contributed by atoms with Crippen molar-refractivity contribution in [1.29, 1.82) is 0 Å². The van der Waals surface area contributed by atoms with E-state index in [0.29, 0.717) is 19.1 Å². The van der Waals surface area contributed by atoms with Crippen LogP contribution in [0.3, 0.4) is 0 Å². The molecule has 20 heavy (non-hydrogen) atoms. The Morgan fingerprint density at radius 1 is 1.45 bits per heavy atom. The van der Waals surface area contributed by atoms with Gasteiger partial charge < -0.3 is 20.7 Å². The van der Waals surface area contributed by atoms with E-state index in [9.17, 15) is 4.79 Å². The predicted octanol–water partition coefficient (Wildman–Crippen LogP) is 1.12. The molecule has 0 radical (unpaired) electrons. The van der Waals surface area contributed by atoms with Crippen molar-refractivity contribution in [3.8, 4) is 0 Å². The van der Waals surface area contributed by atoms with Crippen molar-refractivity contribution in [2.75, 3.05) is 33.4 Å². The standard InChI is InChI=1S/C15H31N3O2/c1-13-7-3-4-10-18(13)11-6-9-17-15(19)14(16)8-5-12-20-2/h13-14H,3-12,16H2,1-2H3,(H,17,19). The van der Waals surface area contributed by atoms with Gasteiger partial charge in [-0.05, 0) is 45.6 Å². The fourth-order valence-electron chi connectivity index (χ4n) is 2.69. The van der Waals surface area contributed by atoms with Gasteiger partial charge in [0.25, 0.3) is 0 Å². The quantitative estimate of drug-likeness (QED) is 0.623. The van der Waals surface area contributed by atoms with Gasteiger partial charge in [0, 0.05) is 32.8 Å². The summed E-state index contributed by atoms with van der Waals surface area (Å²) in [5.74, 6) is -0.0344. The fraction of sp³-hybridized carbons (Fsp3) is 0.933. The van der Waals surface area contributed by atoms with Crippen molar-refractivity contribution in [3.05, 3.63) is 0 Å². The van der Waals surface area contributed by atoms with Gasteiger partial charge in [-0.25, -0.2) is 0 Å². The van der Waals surface area contributed by atoms with E-state index in [2.05, 4.69) is 17.1 Å². The van der Waals surface area contributed by atoms with Crippen LogP contribution in [-0.4, -0.2) is 56.2 Å². The van der Waals surface area contributed by atoms with Crippen LogP contribution < -0.4 is 11.1 Å². The molecule has 1 aliphatic heterocycles. The molecule has 5 nitrogen and oxygen atoms in total. The number of methoxy groups -OCH3 is 1. The first-order chi connectivity index (χ1) is 9.65. The third-order valence-electron chi connectivity index (χ3n) is 4.06. The van der Waals surface area contributed by atoms with E-state index in [1.165, 1.54) is 25.8 Å². The molecular weight excluding hydrogens is 254 g/mol. The van der Waals surface area contributed by atoms with Crippen molar-refractivity contribution in [2.24, 2.45) is 5.73 Å². The molecule has 1 aliphatic rings. The lowest BCUT2D eigenvalue weighted by Crippen LogP contribution is -2.42. The zero-order valence-electron chi connectivity index (χ0n) is 13.1. The highest BCUT2D eigenvalue weighted by atomic mass is 16.5. The van der Waals surface area contributed by atoms with E-state index in [4.69, 9.17) is 10.5 Å². The maximum absolute atomic E-state index is 11.8. The predicted molar refractivity (Wildman–Crippen MR) is 81.6 cm³/mol. The van der Waals surface area contributed by atoms with E-state index >= 15 is 0 Å². The van der Waals surface area contributed by atoms with E-state index < -0.39 is 6.04 Å². The SMILES string of the molecule is COCCCC(N)C(=O)NCCCN1CCCCC1C. The van der Waals surface area contributed by atoms with Gasteiger partial charge in [-0.2, -0.15) is 0 Å². The molecule has 1 rings (SSSR count). The largest absolute Gasteiger partial charge is 0.385 e. The maximum atomic E-state index is 11.8. The zero-order valence-corrected chi connectivity index (χ0v) is 13.1. The van der Waals surface area contributed by atoms with Crippen molar-refractivity contribution < 1.29 is 9.53 Å². The van der Waals surface area contributed by atoms with Crippen LogP contribution >= 0.6 is 0 Å². The summed E-state index contributed by atoms with van der Waals surface area (Å²) in [4.78, 5) is 14.3. The summed E-state index contributed by atoms with van der Waals surface area (Å²) in [6, 6.07) is 0.287. The van der Waals surface area contributed by atoms with Crippen LogP contribution in [0.15, 0.2) is 0 Å². The lowest BCUT2D eigenvalue weighted by molar-refractivity contribution is -0.122. The summed E-state index contributed by atoms with van der Waals surface area (Å²) in [7, 11) is 1.66. The minimum Gasteiger partial charge on any atom is -0.385 e. The average Bonchev–Trinajstić information content (AvgIpc) is 2.45. The van der Waals surface area contributed by atoms with E-state index in [1.807, 2.05) is 0 Å². The molecule has 0 saturated carbocycles. The van der Waals surface area contributed by atoms with Crippen molar-refractivity contribution in [2.45, 2.75) is 57.5 Å². The number of nitrogens with zero attached hydrogens (tertiary/aromatic N) is 1. The zero-order chi connectivity index (χ0) is 14.8. The van der Waals surface area contributed by atoms with Crippen LogP contribution in [-0.2, 0) is 9.53 Å². The third kappa shape index (κ3) is 6.68. The highest BCUT2D eigenvalue weighted by Crippen LogP contribution is 2.15. The molecule has 1 fully saturated rings. The lowest BCUT2D eigenvalue weighted by Gasteiger charge is -2.33. The number of amides is 1. The number of ether oxygens (including phenoxy) is 1. The minimum atomic E-state index is -0.404. The number of hydrogen-bond acceptors (Lipinski definition) is 4. The van der Waals surface area contributed by atoms with Crippen LogP contribution in [0, 0.1) is 0 Å². The summed E-state index contributed by atoms with van der Waals surface area (Å²) in [5, 5.41) is 2.93. The summed E-state index contributed by atoms with van der Waals surface area (Å²) in [6.45, 7) is 5.95. The normalized spacial score (nSPS) is 21.6. The first-order valence-corrected chi connectivity index (χ1v) is 7.91. The van der Waals surface area contributed by atoms with Gasteiger partial charge in [-0.15, -0.1) is 0 Å². The molecular formula is C15H31N3O2. The maximum Gasteiger partial charge on any atom is 0.236 e. The monoisotopic (exact) mass is 285 g/mol. The van der Waals surface area contributed by atoms with Gasteiger partial charge in [-0.1, -0.05) is 6.42 Å². The molecule has 5 heteroatoms. The Hall–Kier alpha value is -0.650. The highest BCUT2D eigenvalue weighted by Gasteiger charge is 2.17. The highest BCUT2D eigenvalue weighted by molar-refractivity contribution is 5.81. The third-order valence-corrected chi connectivity index (χ3v) is 4.06. The molecule has 0 aromatic rings. The average molecular weight is 285 g/mol. The van der Waals surface area contributed by atoms with Crippen molar-refractivity contribution in [1.82, 2.24) is 10.2 Å². The Kier molecular flexibility index (Phi) is 8.82. The number of nitrogens with two attached hydrogens (primary N) is 1. The minimum absolute atomic E-state index is 0.0344. The van der Waals surface area contributed by atoms with Crippen molar-refractivity contribution >= 4 is 5.91 Å². The number of carbonyl (C=O) groups is 1. The Morgan fingerprint density at radius 2 is 2.25 bits per heavy atom. The summed E-state index contributed by atoms with van der Waals surface area (Å²) in [6.07, 6.45) is 6.47. The molecule has 118 valence electrons. The number of piperidine rings is 1. The van der Waals surface area contributed by atoms with Crippen LogP contribution in [0.2, 0.25) is 0 Å². The molecule has 3 N–H and O–H groups in total. The van der Waals surface area contributed by atoms with Crippen LogP contribution in [0.25, 0.3) is 0 Å². The lowest BCUT2D eigenvalue weighted by atomic mass is 10.0. The Morgan fingerprint density at radius 3 is 2.95 bits per heavy atom. The van der Waals surface area contributed by atoms with E-state index in [1.54, 1.807) is 7.11 Å². The number of nitrogens with one attached hydrogen (secondary N) is 1. The molecule has 2 unspecified atom stereocenters. The molecule has 0 bridgehead atoms. The molecule has 1 saturated heterocycles. The smallest absolute Gasteiger partial charge is 0.236 e. The van der Waals surface area contributed by atoms with Gasteiger partial charge >= 0.3 is 0 Å². The van der Waals surface area contributed by atoms with Gasteiger partial charge in [0.2, 0.25) is 5.91 Å². The van der Waals surface area contributed by atoms with Gasteiger partial charge in [0.1, 0.15) is 0 Å². The Labute approximate surface area is 123 Å². The molecule has 0 aliphatic carbocycles.